The van der Waals surface area contributed by atoms with Crippen LogP contribution in [0, 0.1) is 0 Å². The molecule has 1 aliphatic rings. The van der Waals surface area contributed by atoms with Gasteiger partial charge in [-0.25, -0.2) is 5.10 Å². The second-order valence-corrected chi connectivity index (χ2v) is 5.24. The predicted molar refractivity (Wildman–Crippen MR) is 78.1 cm³/mol. The molecule has 0 spiro atoms. The molecule has 1 atom stereocenters. The molecular weight excluding hydrogens is 270 g/mol. The van der Waals surface area contributed by atoms with Gasteiger partial charge in [-0.2, -0.15) is 5.10 Å². The van der Waals surface area contributed by atoms with Crippen molar-refractivity contribution in [2.75, 3.05) is 19.7 Å². The number of carbonyl (C=O) groups is 1. The van der Waals surface area contributed by atoms with Gasteiger partial charge < -0.3 is 9.64 Å². The van der Waals surface area contributed by atoms with Crippen molar-refractivity contribution in [3.05, 3.63) is 40.3 Å². The van der Waals surface area contributed by atoms with Crippen molar-refractivity contribution in [1.82, 2.24) is 15.1 Å². The minimum atomic E-state index is -0.234. The number of hydrogen-bond donors (Lipinski definition) is 1. The summed E-state index contributed by atoms with van der Waals surface area (Å²) in [6, 6.07) is 7.20. The largest absolute Gasteiger partial charge is 0.375 e. The first-order valence-electron chi connectivity index (χ1n) is 7.01. The van der Waals surface area contributed by atoms with Crippen LogP contribution < -0.4 is 5.56 Å². The molecule has 1 fully saturated rings. The first-order chi connectivity index (χ1) is 10.1. The van der Waals surface area contributed by atoms with E-state index >= 15 is 0 Å². The summed E-state index contributed by atoms with van der Waals surface area (Å²) in [6.07, 6.45) is 0.243. The number of hydrogen-bond acceptors (Lipinski definition) is 4. The van der Waals surface area contributed by atoms with Crippen LogP contribution in [0.2, 0.25) is 0 Å². The zero-order chi connectivity index (χ0) is 14.8. The average molecular weight is 287 g/mol. The van der Waals surface area contributed by atoms with Gasteiger partial charge in [-0.15, -0.1) is 0 Å². The van der Waals surface area contributed by atoms with E-state index in [4.69, 9.17) is 4.74 Å². The number of nitrogens with zero attached hydrogens (tertiary/aromatic N) is 2. The fourth-order valence-electron chi connectivity index (χ4n) is 2.61. The second kappa shape index (κ2) is 5.65. The Labute approximate surface area is 121 Å². The molecule has 6 nitrogen and oxygen atoms in total. The minimum Gasteiger partial charge on any atom is -0.375 e. The molecule has 1 aromatic heterocycles. The summed E-state index contributed by atoms with van der Waals surface area (Å²) in [5, 5.41) is 7.80. The Kier molecular flexibility index (Phi) is 3.70. The summed E-state index contributed by atoms with van der Waals surface area (Å²) in [7, 11) is 0. The maximum atomic E-state index is 12.4. The van der Waals surface area contributed by atoms with Gasteiger partial charge in [0.15, 0.2) is 0 Å². The van der Waals surface area contributed by atoms with E-state index in [0.29, 0.717) is 30.8 Å². The summed E-state index contributed by atoms with van der Waals surface area (Å²) >= 11 is 0. The third-order valence-corrected chi connectivity index (χ3v) is 3.69. The van der Waals surface area contributed by atoms with E-state index in [0.717, 1.165) is 5.39 Å². The average Bonchev–Trinajstić information content (AvgIpc) is 2.50. The Hall–Kier alpha value is -2.21. The van der Waals surface area contributed by atoms with Gasteiger partial charge in [-0.1, -0.05) is 18.2 Å². The van der Waals surface area contributed by atoms with E-state index < -0.39 is 0 Å². The molecule has 1 saturated heterocycles. The Balaban J connectivity index is 1.86. The molecule has 1 aromatic carbocycles. The van der Waals surface area contributed by atoms with Crippen molar-refractivity contribution in [2.45, 2.75) is 19.4 Å². The molecular formula is C15H17N3O3. The van der Waals surface area contributed by atoms with Crippen molar-refractivity contribution >= 4 is 16.7 Å². The van der Waals surface area contributed by atoms with Gasteiger partial charge in [-0.05, 0) is 13.0 Å². The Morgan fingerprint density at radius 1 is 1.43 bits per heavy atom. The lowest BCUT2D eigenvalue weighted by atomic mass is 10.1. The highest BCUT2D eigenvalue weighted by Crippen LogP contribution is 2.14. The smallest absolute Gasteiger partial charge is 0.272 e. The molecule has 0 aliphatic carbocycles. The first-order valence-corrected chi connectivity index (χ1v) is 7.01. The van der Waals surface area contributed by atoms with E-state index in [1.807, 2.05) is 19.1 Å². The zero-order valence-corrected chi connectivity index (χ0v) is 11.8. The number of H-pyrrole nitrogens is 1. The number of carbonyl (C=O) groups excluding carboxylic acids is 1. The number of benzene rings is 1. The van der Waals surface area contributed by atoms with Gasteiger partial charge in [0.2, 0.25) is 5.91 Å². The first kappa shape index (κ1) is 13.8. The number of ether oxygens (including phenoxy) is 1. The van der Waals surface area contributed by atoms with Gasteiger partial charge in [0.25, 0.3) is 5.56 Å². The minimum absolute atomic E-state index is 0.00912. The monoisotopic (exact) mass is 287 g/mol. The molecule has 1 N–H and O–H groups in total. The standard InChI is InChI=1S/C15H17N3O3/c1-10-9-18(6-7-21-10)14(19)8-13-11-4-2-3-5-12(11)15(20)17-16-13/h2-5,10H,6-9H2,1H3,(H,17,20). The van der Waals surface area contributed by atoms with Crippen LogP contribution in [0.1, 0.15) is 12.6 Å². The van der Waals surface area contributed by atoms with Gasteiger partial charge in [0, 0.05) is 18.5 Å². The van der Waals surface area contributed by atoms with E-state index in [1.165, 1.54) is 0 Å². The molecule has 3 rings (SSSR count). The van der Waals surface area contributed by atoms with E-state index in [1.54, 1.807) is 17.0 Å². The van der Waals surface area contributed by atoms with E-state index in [2.05, 4.69) is 10.2 Å². The van der Waals surface area contributed by atoms with Gasteiger partial charge in [0.1, 0.15) is 0 Å². The Morgan fingerprint density at radius 3 is 2.95 bits per heavy atom. The highest BCUT2D eigenvalue weighted by atomic mass is 16.5. The van der Waals surface area contributed by atoms with Crippen LogP contribution in [0.15, 0.2) is 29.1 Å². The number of aromatic nitrogens is 2. The molecule has 1 aliphatic heterocycles. The summed E-state index contributed by atoms with van der Waals surface area (Å²) in [5.41, 5.74) is 0.371. The van der Waals surface area contributed by atoms with Crippen LogP contribution in [0.25, 0.3) is 10.8 Å². The van der Waals surface area contributed by atoms with Crippen molar-refractivity contribution < 1.29 is 9.53 Å². The van der Waals surface area contributed by atoms with Crippen molar-refractivity contribution in [2.24, 2.45) is 0 Å². The van der Waals surface area contributed by atoms with Crippen LogP contribution in [0.5, 0.6) is 0 Å². The molecule has 0 radical (unpaired) electrons. The van der Waals surface area contributed by atoms with Crippen LogP contribution in [0.3, 0.4) is 0 Å². The number of nitrogens with one attached hydrogen (secondary N) is 1. The topological polar surface area (TPSA) is 75.3 Å². The number of amides is 1. The van der Waals surface area contributed by atoms with Crippen LogP contribution in [0.4, 0.5) is 0 Å². The fourth-order valence-corrected chi connectivity index (χ4v) is 2.61. The lowest BCUT2D eigenvalue weighted by molar-refractivity contribution is -0.137. The number of fused-ring (bicyclic) bond motifs is 1. The number of rotatable bonds is 2. The molecule has 110 valence electrons. The van der Waals surface area contributed by atoms with Crippen LogP contribution in [-0.2, 0) is 16.0 Å². The summed E-state index contributed by atoms with van der Waals surface area (Å²) in [5.74, 6) is 0.00912. The van der Waals surface area contributed by atoms with Crippen molar-refractivity contribution in [1.29, 1.82) is 0 Å². The Bertz CT molecular complexity index is 725. The molecule has 0 saturated carbocycles. The van der Waals surface area contributed by atoms with E-state index in [-0.39, 0.29) is 24.0 Å². The van der Waals surface area contributed by atoms with Gasteiger partial charge in [-0.3, -0.25) is 9.59 Å². The second-order valence-electron chi connectivity index (χ2n) is 5.24. The number of morpholine rings is 1. The van der Waals surface area contributed by atoms with Crippen molar-refractivity contribution in [3.63, 3.8) is 0 Å². The SMILES string of the molecule is CC1CN(C(=O)Cc2n[nH]c(=O)c3ccccc23)CCO1. The quantitative estimate of drug-likeness (QED) is 0.883. The van der Waals surface area contributed by atoms with Gasteiger partial charge >= 0.3 is 0 Å². The summed E-state index contributed by atoms with van der Waals surface area (Å²) < 4.78 is 5.44. The predicted octanol–water partition coefficient (Wildman–Crippen LogP) is 0.713. The normalized spacial score (nSPS) is 18.9. The van der Waals surface area contributed by atoms with Crippen LogP contribution >= 0.6 is 0 Å². The third kappa shape index (κ3) is 2.80. The highest BCUT2D eigenvalue weighted by Gasteiger charge is 2.22. The molecule has 21 heavy (non-hydrogen) atoms. The maximum absolute atomic E-state index is 12.4. The van der Waals surface area contributed by atoms with Crippen molar-refractivity contribution in [3.8, 4) is 0 Å². The summed E-state index contributed by atoms with van der Waals surface area (Å²) in [6.45, 7) is 3.71. The molecule has 2 heterocycles. The molecule has 6 heteroatoms. The third-order valence-electron chi connectivity index (χ3n) is 3.69. The molecule has 0 bridgehead atoms. The summed E-state index contributed by atoms with van der Waals surface area (Å²) in [4.78, 5) is 25.9. The van der Waals surface area contributed by atoms with Gasteiger partial charge in [0.05, 0.1) is 30.2 Å². The van der Waals surface area contributed by atoms with E-state index in [9.17, 15) is 9.59 Å². The number of aromatic amines is 1. The fraction of sp³-hybridized carbons (Fsp3) is 0.400. The zero-order valence-electron chi connectivity index (χ0n) is 11.8. The maximum Gasteiger partial charge on any atom is 0.272 e. The molecule has 1 unspecified atom stereocenters. The molecule has 1 amide bonds. The van der Waals surface area contributed by atoms with Crippen LogP contribution in [-0.4, -0.2) is 46.8 Å². The Morgan fingerprint density at radius 2 is 2.19 bits per heavy atom. The highest BCUT2D eigenvalue weighted by molar-refractivity contribution is 5.88. The molecule has 2 aromatic rings. The lowest BCUT2D eigenvalue weighted by Gasteiger charge is -2.31. The lowest BCUT2D eigenvalue weighted by Crippen LogP contribution is -2.45.